The van der Waals surface area contributed by atoms with Crippen molar-refractivity contribution in [2.45, 2.75) is 63.9 Å². The van der Waals surface area contributed by atoms with E-state index in [1.807, 2.05) is 12.1 Å². The number of carbonyl (C=O) groups excluding carboxylic acids is 4. The van der Waals surface area contributed by atoms with Crippen LogP contribution >= 0.6 is 11.6 Å². The molecule has 2 aromatic carbocycles. The Kier molecular flexibility index (Phi) is 15.3. The predicted molar refractivity (Wildman–Crippen MR) is 193 cm³/mol. The van der Waals surface area contributed by atoms with Crippen molar-refractivity contribution >= 4 is 68.1 Å². The normalized spacial score (nSPS) is 13.9. The topological polar surface area (TPSA) is 247 Å². The van der Waals surface area contributed by atoms with Gasteiger partial charge in [0.2, 0.25) is 17.7 Å². The van der Waals surface area contributed by atoms with Crippen LogP contribution in [0.4, 0.5) is 4.79 Å². The van der Waals surface area contributed by atoms with Gasteiger partial charge in [-0.1, -0.05) is 80.0 Å². The molecule has 4 atom stereocenters. The molecule has 1 heterocycles. The largest absolute Gasteiger partial charge is 0.481 e. The second-order valence-electron chi connectivity index (χ2n) is 12.3. The summed E-state index contributed by atoms with van der Waals surface area (Å²) in [6.07, 6.45) is -1.30. The highest BCUT2D eigenvalue weighted by molar-refractivity contribution is 7.96. The number of sulfone groups is 1. The zero-order valence-corrected chi connectivity index (χ0v) is 30.5. The zero-order chi connectivity index (χ0) is 39.3. The summed E-state index contributed by atoms with van der Waals surface area (Å²) in [5, 5.41) is 29.3. The van der Waals surface area contributed by atoms with E-state index in [2.05, 4.69) is 26.3 Å². The van der Waals surface area contributed by atoms with Gasteiger partial charge in [0, 0.05) is 23.8 Å². The van der Waals surface area contributed by atoms with Gasteiger partial charge in [-0.3, -0.25) is 29.0 Å². The molecule has 18 heteroatoms. The number of aliphatic carboxylic acids is 2. The Morgan fingerprint density at radius 2 is 1.42 bits per heavy atom. The maximum atomic E-state index is 13.9. The third-order valence-corrected chi connectivity index (χ3v) is 9.37. The van der Waals surface area contributed by atoms with E-state index in [0.29, 0.717) is 16.8 Å². The van der Waals surface area contributed by atoms with E-state index >= 15 is 0 Å². The van der Waals surface area contributed by atoms with Gasteiger partial charge in [-0.25, -0.2) is 13.2 Å². The number of rotatable bonds is 18. The van der Waals surface area contributed by atoms with Gasteiger partial charge in [0.15, 0.2) is 9.84 Å². The van der Waals surface area contributed by atoms with Crippen LogP contribution in [0.3, 0.4) is 0 Å². The van der Waals surface area contributed by atoms with Crippen LogP contribution < -0.4 is 21.3 Å². The van der Waals surface area contributed by atoms with Gasteiger partial charge < -0.3 is 36.2 Å². The van der Waals surface area contributed by atoms with E-state index in [1.165, 1.54) is 0 Å². The lowest BCUT2D eigenvalue weighted by Crippen LogP contribution is -2.59. The van der Waals surface area contributed by atoms with Crippen LogP contribution in [0.2, 0.25) is 0 Å². The highest BCUT2D eigenvalue weighted by atomic mass is 35.5. The highest BCUT2D eigenvalue weighted by Crippen LogP contribution is 2.15. The smallest absolute Gasteiger partial charge is 0.408 e. The Morgan fingerprint density at radius 3 is 2.04 bits per heavy atom. The first-order chi connectivity index (χ1) is 24.9. The molecular formula is C35H40ClN5O11S. The lowest BCUT2D eigenvalue weighted by Gasteiger charge is -2.27. The number of alkyl carbamates (subject to hydrolysis) is 1. The molecule has 16 nitrogen and oxygen atoms in total. The number of hydrogen-bond donors (Lipinski definition) is 6. The van der Waals surface area contributed by atoms with Crippen molar-refractivity contribution in [3.8, 4) is 0 Å². The number of fused-ring (bicyclic) bond motifs is 1. The number of halogens is 1. The minimum atomic E-state index is -3.93. The van der Waals surface area contributed by atoms with Crippen LogP contribution in [0.25, 0.3) is 10.9 Å². The van der Waals surface area contributed by atoms with Crippen LogP contribution in [-0.2, 0) is 51.6 Å². The molecule has 0 aliphatic heterocycles. The predicted octanol–water partition coefficient (Wildman–Crippen LogP) is 2.26. The molecule has 0 aliphatic carbocycles. The van der Waals surface area contributed by atoms with Gasteiger partial charge in [0.25, 0.3) is 0 Å². The maximum Gasteiger partial charge on any atom is 0.408 e. The molecule has 0 spiro atoms. The monoisotopic (exact) mass is 773 g/mol. The van der Waals surface area contributed by atoms with Gasteiger partial charge in [-0.15, -0.1) is 0 Å². The average Bonchev–Trinajstić information content (AvgIpc) is 3.08. The fourth-order valence-electron chi connectivity index (χ4n) is 4.89. The Bertz CT molecular complexity index is 1960. The number of pyridine rings is 1. The molecule has 4 amide bonds. The summed E-state index contributed by atoms with van der Waals surface area (Å²) in [7, 11) is -3.93. The van der Waals surface area contributed by atoms with E-state index in [-0.39, 0.29) is 13.0 Å². The van der Waals surface area contributed by atoms with Crippen molar-refractivity contribution in [1.29, 1.82) is 0 Å². The van der Waals surface area contributed by atoms with Crippen molar-refractivity contribution in [2.75, 3.05) is 6.26 Å². The Morgan fingerprint density at radius 1 is 0.792 bits per heavy atom. The standard InChI is InChI=1S/C35H40ClN5O11S/c1-20(2)31(34(48)38-24(17-29(42)43)16-28(36)53(3,50)51)41-33(47)26(15-23-14-13-22-11-7-8-12-25(22)37-23)39-32(46)27(18-30(44)45)40-35(49)52-19-21-9-5-4-6-10-21/h4-14,16,20,24,26-27,31H,15,17-19H2,1-3H3,(H,38,48)(H,39,46)(H,40,49)(H,41,47)(H,42,43)(H,44,45)/b28-16+/t24?,26?,27-,31?/m0/s1. The summed E-state index contributed by atoms with van der Waals surface area (Å²) in [5.41, 5.74) is 1.54. The molecule has 284 valence electrons. The number of amides is 4. The van der Waals surface area contributed by atoms with E-state index in [0.717, 1.165) is 17.7 Å². The molecule has 0 aliphatic rings. The number of benzene rings is 2. The second kappa shape index (κ2) is 19.3. The van der Waals surface area contributed by atoms with Crippen LogP contribution in [0.1, 0.15) is 37.9 Å². The first-order valence-corrected chi connectivity index (χ1v) is 18.4. The highest BCUT2D eigenvalue weighted by Gasteiger charge is 2.33. The molecule has 53 heavy (non-hydrogen) atoms. The number of aromatic nitrogens is 1. The first kappa shape index (κ1) is 41.9. The van der Waals surface area contributed by atoms with E-state index in [1.54, 1.807) is 68.4 Å². The maximum absolute atomic E-state index is 13.9. The van der Waals surface area contributed by atoms with Crippen LogP contribution in [0.5, 0.6) is 0 Å². The van der Waals surface area contributed by atoms with E-state index in [9.17, 15) is 47.4 Å². The SMILES string of the molecule is CC(C)C(NC(=O)C(Cc1ccc2ccccc2n1)NC(=O)[C@H](CC(=O)O)NC(=O)OCc1ccccc1)C(=O)NC(/C=C(\Cl)S(C)(=O)=O)CC(=O)O. The summed E-state index contributed by atoms with van der Waals surface area (Å²) < 4.78 is 28.1. The molecule has 1 aromatic heterocycles. The summed E-state index contributed by atoms with van der Waals surface area (Å²) in [6.45, 7) is 2.97. The number of ether oxygens (including phenoxy) is 1. The Labute approximate surface area is 310 Å². The minimum Gasteiger partial charge on any atom is -0.481 e. The lowest BCUT2D eigenvalue weighted by molar-refractivity contribution is -0.140. The summed E-state index contributed by atoms with van der Waals surface area (Å²) in [6, 6.07) is 13.1. The number of hydrogen-bond acceptors (Lipinski definition) is 10. The van der Waals surface area contributed by atoms with Gasteiger partial charge in [0.05, 0.1) is 24.4 Å². The number of carboxylic acids is 2. The van der Waals surface area contributed by atoms with Crippen LogP contribution in [-0.4, -0.2) is 89.8 Å². The fourth-order valence-corrected chi connectivity index (χ4v) is 5.45. The molecule has 0 fully saturated rings. The van der Waals surface area contributed by atoms with Crippen molar-refractivity contribution in [3.05, 3.63) is 88.4 Å². The molecule has 3 aromatic rings. The summed E-state index contributed by atoms with van der Waals surface area (Å²) >= 11 is 5.82. The molecule has 0 saturated carbocycles. The molecule has 3 rings (SSSR count). The number of carboxylic acid groups (broad SMARTS) is 2. The van der Waals surface area contributed by atoms with Gasteiger partial charge in [-0.05, 0) is 29.7 Å². The third-order valence-electron chi connectivity index (χ3n) is 7.56. The Hall–Kier alpha value is -5.55. The van der Waals surface area contributed by atoms with Gasteiger partial charge in [0.1, 0.15) is 29.1 Å². The lowest BCUT2D eigenvalue weighted by atomic mass is 10.0. The summed E-state index contributed by atoms with van der Waals surface area (Å²) in [4.78, 5) is 81.2. The molecule has 6 N–H and O–H groups in total. The van der Waals surface area contributed by atoms with Crippen molar-refractivity contribution in [1.82, 2.24) is 26.3 Å². The van der Waals surface area contributed by atoms with E-state index in [4.69, 9.17) is 16.3 Å². The van der Waals surface area contributed by atoms with Crippen LogP contribution in [0.15, 0.2) is 77.2 Å². The summed E-state index contributed by atoms with van der Waals surface area (Å²) in [5.74, 6) is -6.32. The Balaban J connectivity index is 1.89. The zero-order valence-electron chi connectivity index (χ0n) is 28.9. The van der Waals surface area contributed by atoms with E-state index < -0.39 is 92.9 Å². The third kappa shape index (κ3) is 13.8. The first-order valence-electron chi connectivity index (χ1n) is 16.2. The van der Waals surface area contributed by atoms with Gasteiger partial charge >= 0.3 is 18.0 Å². The number of nitrogens with zero attached hydrogens (tertiary/aromatic N) is 1. The number of para-hydroxylation sites is 1. The molecule has 0 bridgehead atoms. The van der Waals surface area contributed by atoms with Gasteiger partial charge in [-0.2, -0.15) is 0 Å². The van der Waals surface area contributed by atoms with Crippen molar-refractivity contribution in [2.24, 2.45) is 5.92 Å². The number of carbonyl (C=O) groups is 6. The van der Waals surface area contributed by atoms with Crippen molar-refractivity contribution in [3.63, 3.8) is 0 Å². The quantitative estimate of drug-likeness (QED) is 0.109. The fraction of sp³-hybridized carbons (Fsp3) is 0.343. The average molecular weight is 774 g/mol. The van der Waals surface area contributed by atoms with Crippen LogP contribution in [0, 0.1) is 5.92 Å². The molecule has 3 unspecified atom stereocenters. The number of nitrogens with one attached hydrogen (secondary N) is 4. The van der Waals surface area contributed by atoms with Crippen molar-refractivity contribution < 1.29 is 52.1 Å². The molecule has 0 radical (unpaired) electrons. The second-order valence-corrected chi connectivity index (χ2v) is 14.9. The molecule has 0 saturated heterocycles. The minimum absolute atomic E-state index is 0.172. The molecular weight excluding hydrogens is 734 g/mol.